The van der Waals surface area contributed by atoms with E-state index < -0.39 is 0 Å². The highest BCUT2D eigenvalue weighted by Crippen LogP contribution is 2.23. The van der Waals surface area contributed by atoms with Crippen molar-refractivity contribution in [2.75, 3.05) is 18.8 Å². The van der Waals surface area contributed by atoms with Crippen LogP contribution in [0.1, 0.15) is 16.8 Å². The fourth-order valence-corrected chi connectivity index (χ4v) is 2.40. The van der Waals surface area contributed by atoms with Crippen molar-refractivity contribution in [3.05, 3.63) is 28.2 Å². The standard InChI is InChI=1S/C12H14BrN3O2/c13-9-5-7(1-2-10(9)14)12(18)16-4-3-8(6-16)11(15)17/h1-2,5,8H,3-4,6,14H2,(H2,15,17). The van der Waals surface area contributed by atoms with Crippen LogP contribution in [0.15, 0.2) is 22.7 Å². The number of hydrogen-bond acceptors (Lipinski definition) is 3. The van der Waals surface area contributed by atoms with Crippen LogP contribution in [-0.2, 0) is 4.79 Å². The van der Waals surface area contributed by atoms with Crippen molar-refractivity contribution in [3.63, 3.8) is 0 Å². The molecule has 18 heavy (non-hydrogen) atoms. The predicted octanol–water partition coefficient (Wildman–Crippen LogP) is 0.979. The number of nitrogens with two attached hydrogens (primary N) is 2. The van der Waals surface area contributed by atoms with E-state index in [9.17, 15) is 9.59 Å². The van der Waals surface area contributed by atoms with Crippen LogP contribution in [0.3, 0.4) is 0 Å². The Morgan fingerprint density at radius 3 is 2.67 bits per heavy atom. The maximum Gasteiger partial charge on any atom is 0.253 e. The first-order valence-corrected chi connectivity index (χ1v) is 6.42. The summed E-state index contributed by atoms with van der Waals surface area (Å²) in [4.78, 5) is 24.9. The number of anilines is 1. The molecular weight excluding hydrogens is 298 g/mol. The Morgan fingerprint density at radius 2 is 2.11 bits per heavy atom. The Balaban J connectivity index is 2.12. The molecule has 96 valence electrons. The van der Waals surface area contributed by atoms with E-state index >= 15 is 0 Å². The van der Waals surface area contributed by atoms with E-state index in [-0.39, 0.29) is 17.7 Å². The van der Waals surface area contributed by atoms with Crippen LogP contribution >= 0.6 is 15.9 Å². The molecule has 1 aliphatic rings. The lowest BCUT2D eigenvalue weighted by Gasteiger charge is -2.16. The van der Waals surface area contributed by atoms with Crippen LogP contribution in [-0.4, -0.2) is 29.8 Å². The number of halogens is 1. The Hall–Kier alpha value is -1.56. The molecule has 6 heteroatoms. The number of hydrogen-bond donors (Lipinski definition) is 2. The summed E-state index contributed by atoms with van der Waals surface area (Å²) in [6, 6.07) is 5.05. The van der Waals surface area contributed by atoms with Gasteiger partial charge >= 0.3 is 0 Å². The highest BCUT2D eigenvalue weighted by molar-refractivity contribution is 9.10. The molecule has 5 nitrogen and oxygen atoms in total. The molecule has 0 aromatic heterocycles. The van der Waals surface area contributed by atoms with Crippen LogP contribution in [0.4, 0.5) is 5.69 Å². The van der Waals surface area contributed by atoms with E-state index in [2.05, 4.69) is 15.9 Å². The second kappa shape index (κ2) is 4.97. The number of nitrogens with zero attached hydrogens (tertiary/aromatic N) is 1. The number of carbonyl (C=O) groups is 2. The zero-order valence-corrected chi connectivity index (χ0v) is 11.3. The molecule has 2 amide bonds. The lowest BCUT2D eigenvalue weighted by Crippen LogP contribution is -2.31. The minimum Gasteiger partial charge on any atom is -0.398 e. The number of nitrogen functional groups attached to an aromatic ring is 1. The van der Waals surface area contributed by atoms with E-state index in [0.717, 1.165) is 0 Å². The van der Waals surface area contributed by atoms with Crippen LogP contribution in [0.25, 0.3) is 0 Å². The number of likely N-dealkylation sites (tertiary alicyclic amines) is 1. The molecule has 0 spiro atoms. The van der Waals surface area contributed by atoms with Gasteiger partial charge in [0.2, 0.25) is 5.91 Å². The van der Waals surface area contributed by atoms with Crippen molar-refractivity contribution in [1.82, 2.24) is 4.90 Å². The molecule has 4 N–H and O–H groups in total. The third kappa shape index (κ3) is 2.48. The van der Waals surface area contributed by atoms with Crippen LogP contribution in [0.2, 0.25) is 0 Å². The smallest absolute Gasteiger partial charge is 0.253 e. The summed E-state index contributed by atoms with van der Waals surface area (Å²) in [5, 5.41) is 0. The summed E-state index contributed by atoms with van der Waals surface area (Å²) < 4.78 is 0.694. The van der Waals surface area contributed by atoms with E-state index in [0.29, 0.717) is 35.2 Å². The largest absolute Gasteiger partial charge is 0.398 e. The van der Waals surface area contributed by atoms with Gasteiger partial charge in [-0.25, -0.2) is 0 Å². The van der Waals surface area contributed by atoms with Crippen molar-refractivity contribution in [3.8, 4) is 0 Å². The Labute approximate surface area is 113 Å². The first-order valence-electron chi connectivity index (χ1n) is 5.62. The molecule has 1 aromatic rings. The SMILES string of the molecule is NC(=O)C1CCN(C(=O)c2ccc(N)c(Br)c2)C1. The summed E-state index contributed by atoms with van der Waals surface area (Å²) in [6.45, 7) is 0.963. The molecule has 0 radical (unpaired) electrons. The van der Waals surface area contributed by atoms with Crippen LogP contribution in [0, 0.1) is 5.92 Å². The average molecular weight is 312 g/mol. The molecule has 1 heterocycles. The maximum absolute atomic E-state index is 12.2. The van der Waals surface area contributed by atoms with Gasteiger partial charge in [-0.15, -0.1) is 0 Å². The number of primary amides is 1. The summed E-state index contributed by atoms with van der Waals surface area (Å²) in [5.41, 5.74) is 12.1. The van der Waals surface area contributed by atoms with Gasteiger partial charge in [0.25, 0.3) is 5.91 Å². The molecule has 0 aliphatic carbocycles. The van der Waals surface area contributed by atoms with Gasteiger partial charge < -0.3 is 16.4 Å². The van der Waals surface area contributed by atoms with E-state index in [1.54, 1.807) is 23.1 Å². The minimum atomic E-state index is -0.344. The van der Waals surface area contributed by atoms with E-state index in [1.165, 1.54) is 0 Å². The molecule has 1 unspecified atom stereocenters. The van der Waals surface area contributed by atoms with E-state index in [4.69, 9.17) is 11.5 Å². The quantitative estimate of drug-likeness (QED) is 0.798. The third-order valence-corrected chi connectivity index (χ3v) is 3.81. The van der Waals surface area contributed by atoms with Crippen LogP contribution in [0.5, 0.6) is 0 Å². The molecule has 1 aliphatic heterocycles. The Kier molecular flexibility index (Phi) is 3.56. The fourth-order valence-electron chi connectivity index (χ4n) is 2.02. The highest BCUT2D eigenvalue weighted by atomic mass is 79.9. The minimum absolute atomic E-state index is 0.0977. The maximum atomic E-state index is 12.2. The molecular formula is C12H14BrN3O2. The van der Waals surface area contributed by atoms with Gasteiger partial charge in [0.15, 0.2) is 0 Å². The molecule has 0 bridgehead atoms. The second-order valence-electron chi connectivity index (χ2n) is 4.38. The topological polar surface area (TPSA) is 89.4 Å². The monoisotopic (exact) mass is 311 g/mol. The molecule has 2 rings (SSSR count). The zero-order chi connectivity index (χ0) is 13.3. The molecule has 1 aromatic carbocycles. The summed E-state index contributed by atoms with van der Waals surface area (Å²) in [5.74, 6) is -0.672. The van der Waals surface area contributed by atoms with Crippen molar-refractivity contribution in [2.24, 2.45) is 11.7 Å². The van der Waals surface area contributed by atoms with Gasteiger partial charge in [0, 0.05) is 28.8 Å². The van der Waals surface area contributed by atoms with Gasteiger partial charge in [-0.1, -0.05) is 0 Å². The lowest BCUT2D eigenvalue weighted by atomic mass is 10.1. The normalized spacial score (nSPS) is 18.9. The molecule has 1 atom stereocenters. The van der Waals surface area contributed by atoms with Gasteiger partial charge in [-0.2, -0.15) is 0 Å². The highest BCUT2D eigenvalue weighted by Gasteiger charge is 2.30. The molecule has 1 saturated heterocycles. The summed E-state index contributed by atoms with van der Waals surface area (Å²) in [7, 11) is 0. The fraction of sp³-hybridized carbons (Fsp3) is 0.333. The number of rotatable bonds is 2. The third-order valence-electron chi connectivity index (χ3n) is 3.13. The van der Waals surface area contributed by atoms with Crippen LogP contribution < -0.4 is 11.5 Å². The summed E-state index contributed by atoms with van der Waals surface area (Å²) >= 11 is 3.29. The van der Waals surface area contributed by atoms with Gasteiger partial charge in [0.1, 0.15) is 0 Å². The first kappa shape index (κ1) is 12.9. The summed E-state index contributed by atoms with van der Waals surface area (Å²) in [6.07, 6.45) is 0.636. The van der Waals surface area contributed by atoms with Crippen molar-refractivity contribution in [1.29, 1.82) is 0 Å². The lowest BCUT2D eigenvalue weighted by molar-refractivity contribution is -0.121. The first-order chi connectivity index (χ1) is 8.49. The Bertz CT molecular complexity index is 504. The van der Waals surface area contributed by atoms with Gasteiger partial charge in [-0.3, -0.25) is 9.59 Å². The van der Waals surface area contributed by atoms with Gasteiger partial charge in [-0.05, 0) is 40.5 Å². The van der Waals surface area contributed by atoms with E-state index in [1.807, 2.05) is 0 Å². The average Bonchev–Trinajstić information content (AvgIpc) is 2.81. The number of amides is 2. The molecule has 0 saturated carbocycles. The van der Waals surface area contributed by atoms with Gasteiger partial charge in [0.05, 0.1) is 5.92 Å². The van der Waals surface area contributed by atoms with Crippen molar-refractivity contribution in [2.45, 2.75) is 6.42 Å². The second-order valence-corrected chi connectivity index (χ2v) is 5.23. The zero-order valence-electron chi connectivity index (χ0n) is 9.73. The van der Waals surface area contributed by atoms with Crippen molar-refractivity contribution >= 4 is 33.4 Å². The van der Waals surface area contributed by atoms with Crippen molar-refractivity contribution < 1.29 is 9.59 Å². The number of carbonyl (C=O) groups excluding carboxylic acids is 2. The molecule has 1 fully saturated rings. The predicted molar refractivity (Wildman–Crippen MR) is 71.8 cm³/mol. The number of benzene rings is 1. The Morgan fingerprint density at radius 1 is 1.39 bits per heavy atom.